The molecule has 0 unspecified atom stereocenters. The molecule has 2 rings (SSSR count). The van der Waals surface area contributed by atoms with Gasteiger partial charge in [0.2, 0.25) is 0 Å². The standard InChI is InChI=1S/C12H11ClO3/c1-12(2,11(14)15)9-6-7-4-3-5-8(13)10(7)16-9/h3-6H,1-2H3,(H,14,15). The van der Waals surface area contributed by atoms with Gasteiger partial charge in [0.15, 0.2) is 5.58 Å². The SMILES string of the molecule is CC(C)(C(=O)O)c1cc2cccc(Cl)c2o1. The molecule has 3 nitrogen and oxygen atoms in total. The third-order valence-electron chi connectivity index (χ3n) is 2.65. The summed E-state index contributed by atoms with van der Waals surface area (Å²) < 4.78 is 5.51. The molecule has 0 radical (unpaired) electrons. The zero-order chi connectivity index (χ0) is 11.9. The van der Waals surface area contributed by atoms with Crippen molar-refractivity contribution in [2.45, 2.75) is 19.3 Å². The number of hydrogen-bond acceptors (Lipinski definition) is 2. The second-order valence-corrected chi connectivity index (χ2v) is 4.61. The van der Waals surface area contributed by atoms with Gasteiger partial charge in [-0.2, -0.15) is 0 Å². The zero-order valence-corrected chi connectivity index (χ0v) is 9.71. The number of aliphatic carboxylic acids is 1. The molecule has 0 aliphatic carbocycles. The van der Waals surface area contributed by atoms with Crippen molar-refractivity contribution in [1.82, 2.24) is 0 Å². The number of benzene rings is 1. The molecule has 4 heteroatoms. The molecule has 0 aliphatic heterocycles. The summed E-state index contributed by atoms with van der Waals surface area (Å²) in [5.41, 5.74) is -0.518. The minimum absolute atomic E-state index is 0.406. The van der Waals surface area contributed by atoms with Gasteiger partial charge in [0, 0.05) is 5.39 Å². The van der Waals surface area contributed by atoms with E-state index in [-0.39, 0.29) is 0 Å². The molecular formula is C12H11ClO3. The summed E-state index contributed by atoms with van der Waals surface area (Å²) in [5, 5.41) is 10.4. The lowest BCUT2D eigenvalue weighted by Crippen LogP contribution is -2.27. The fourth-order valence-electron chi connectivity index (χ4n) is 1.44. The second-order valence-electron chi connectivity index (χ2n) is 4.20. The lowest BCUT2D eigenvalue weighted by molar-refractivity contribution is -0.143. The quantitative estimate of drug-likeness (QED) is 0.872. The Labute approximate surface area is 97.6 Å². The van der Waals surface area contributed by atoms with Gasteiger partial charge in [0.1, 0.15) is 11.2 Å². The van der Waals surface area contributed by atoms with Gasteiger partial charge in [0.05, 0.1) is 5.02 Å². The molecule has 2 aromatic rings. The van der Waals surface area contributed by atoms with Crippen LogP contribution in [-0.2, 0) is 10.2 Å². The summed E-state index contributed by atoms with van der Waals surface area (Å²) >= 11 is 5.96. The summed E-state index contributed by atoms with van der Waals surface area (Å²) in [6.45, 7) is 3.20. The largest absolute Gasteiger partial charge is 0.481 e. The minimum Gasteiger partial charge on any atom is -0.481 e. The molecule has 1 N–H and O–H groups in total. The van der Waals surface area contributed by atoms with Crippen molar-refractivity contribution in [2.24, 2.45) is 0 Å². The topological polar surface area (TPSA) is 50.4 Å². The van der Waals surface area contributed by atoms with Crippen LogP contribution in [0, 0.1) is 0 Å². The average Bonchev–Trinajstić information content (AvgIpc) is 2.63. The Bertz CT molecular complexity index is 554. The molecule has 0 fully saturated rings. The number of furan rings is 1. The number of halogens is 1. The highest BCUT2D eigenvalue weighted by molar-refractivity contribution is 6.34. The van der Waals surface area contributed by atoms with Gasteiger partial charge in [-0.15, -0.1) is 0 Å². The average molecular weight is 239 g/mol. The first-order valence-corrected chi connectivity index (χ1v) is 5.22. The van der Waals surface area contributed by atoms with Crippen molar-refractivity contribution in [1.29, 1.82) is 0 Å². The van der Waals surface area contributed by atoms with Gasteiger partial charge in [-0.05, 0) is 26.0 Å². The third-order valence-corrected chi connectivity index (χ3v) is 2.94. The Hall–Kier alpha value is -1.48. The predicted molar refractivity (Wildman–Crippen MR) is 61.9 cm³/mol. The lowest BCUT2D eigenvalue weighted by atomic mass is 9.90. The molecule has 16 heavy (non-hydrogen) atoms. The summed E-state index contributed by atoms with van der Waals surface area (Å²) in [4.78, 5) is 11.1. The minimum atomic E-state index is -1.05. The van der Waals surface area contributed by atoms with Crippen LogP contribution in [0.3, 0.4) is 0 Å². The van der Waals surface area contributed by atoms with Crippen LogP contribution in [0.1, 0.15) is 19.6 Å². The molecule has 1 aromatic heterocycles. The number of carboxylic acids is 1. The van der Waals surface area contributed by atoms with Gasteiger partial charge < -0.3 is 9.52 Å². The van der Waals surface area contributed by atoms with Crippen molar-refractivity contribution in [3.63, 3.8) is 0 Å². The summed E-state index contributed by atoms with van der Waals surface area (Å²) in [6.07, 6.45) is 0. The third kappa shape index (κ3) is 1.57. The second kappa shape index (κ2) is 3.52. The smallest absolute Gasteiger partial charge is 0.316 e. The summed E-state index contributed by atoms with van der Waals surface area (Å²) in [7, 11) is 0. The first-order valence-electron chi connectivity index (χ1n) is 4.85. The normalized spacial score (nSPS) is 11.9. The summed E-state index contributed by atoms with van der Waals surface area (Å²) in [5.74, 6) is -0.522. The van der Waals surface area contributed by atoms with E-state index in [1.807, 2.05) is 6.07 Å². The number of rotatable bonds is 2. The van der Waals surface area contributed by atoms with Crippen molar-refractivity contribution in [3.05, 3.63) is 35.0 Å². The van der Waals surface area contributed by atoms with Crippen LogP contribution < -0.4 is 0 Å². The van der Waals surface area contributed by atoms with Crippen molar-refractivity contribution >= 4 is 28.5 Å². The highest BCUT2D eigenvalue weighted by Crippen LogP contribution is 2.32. The molecule has 1 heterocycles. The maximum atomic E-state index is 11.1. The number of carbonyl (C=O) groups is 1. The molecule has 0 amide bonds. The van der Waals surface area contributed by atoms with Crippen LogP contribution >= 0.6 is 11.6 Å². The Morgan fingerprint density at radius 2 is 2.12 bits per heavy atom. The maximum Gasteiger partial charge on any atom is 0.316 e. The molecule has 0 aliphatic rings. The van der Waals surface area contributed by atoms with Crippen molar-refractivity contribution in [3.8, 4) is 0 Å². The van der Waals surface area contributed by atoms with E-state index in [0.29, 0.717) is 16.4 Å². The van der Waals surface area contributed by atoms with E-state index in [4.69, 9.17) is 21.1 Å². The fourth-order valence-corrected chi connectivity index (χ4v) is 1.66. The van der Waals surface area contributed by atoms with Crippen molar-refractivity contribution < 1.29 is 14.3 Å². The zero-order valence-electron chi connectivity index (χ0n) is 8.95. The maximum absolute atomic E-state index is 11.1. The van der Waals surface area contributed by atoms with Crippen molar-refractivity contribution in [2.75, 3.05) is 0 Å². The highest BCUT2D eigenvalue weighted by Gasteiger charge is 2.33. The van der Waals surface area contributed by atoms with Crippen LogP contribution in [0.15, 0.2) is 28.7 Å². The van der Waals surface area contributed by atoms with Gasteiger partial charge in [-0.1, -0.05) is 23.7 Å². The molecule has 84 valence electrons. The number of fused-ring (bicyclic) bond motifs is 1. The number of carboxylic acid groups (broad SMARTS) is 1. The fraction of sp³-hybridized carbons (Fsp3) is 0.250. The highest BCUT2D eigenvalue weighted by atomic mass is 35.5. The summed E-state index contributed by atoms with van der Waals surface area (Å²) in [6, 6.07) is 7.07. The van der Waals surface area contributed by atoms with Crippen LogP contribution in [-0.4, -0.2) is 11.1 Å². The van der Waals surface area contributed by atoms with Crippen LogP contribution in [0.25, 0.3) is 11.0 Å². The molecule has 0 bridgehead atoms. The molecule has 1 aromatic carbocycles. The monoisotopic (exact) mass is 238 g/mol. The Balaban J connectivity index is 2.64. The number of para-hydroxylation sites is 1. The Kier molecular flexibility index (Phi) is 2.43. The van der Waals surface area contributed by atoms with Crippen LogP contribution in [0.5, 0.6) is 0 Å². The lowest BCUT2D eigenvalue weighted by Gasteiger charge is -2.15. The van der Waals surface area contributed by atoms with Gasteiger partial charge in [-0.3, -0.25) is 4.79 Å². The molecule has 0 saturated heterocycles. The van der Waals surface area contributed by atoms with E-state index in [1.54, 1.807) is 32.0 Å². The van der Waals surface area contributed by atoms with Gasteiger partial charge >= 0.3 is 5.97 Å². The number of hydrogen-bond donors (Lipinski definition) is 1. The first kappa shape index (κ1) is 11.0. The van der Waals surface area contributed by atoms with Gasteiger partial charge in [0.25, 0.3) is 0 Å². The van der Waals surface area contributed by atoms with Crippen LogP contribution in [0.4, 0.5) is 0 Å². The van der Waals surface area contributed by atoms with E-state index >= 15 is 0 Å². The first-order chi connectivity index (χ1) is 7.43. The Morgan fingerprint density at radius 1 is 1.44 bits per heavy atom. The van der Waals surface area contributed by atoms with E-state index in [0.717, 1.165) is 5.39 Å². The van der Waals surface area contributed by atoms with Gasteiger partial charge in [-0.25, -0.2) is 0 Å². The van der Waals surface area contributed by atoms with Crippen LogP contribution in [0.2, 0.25) is 5.02 Å². The van der Waals surface area contributed by atoms with E-state index < -0.39 is 11.4 Å². The molecule has 0 saturated carbocycles. The predicted octanol–water partition coefficient (Wildman–Crippen LogP) is 3.45. The Morgan fingerprint density at radius 3 is 2.69 bits per heavy atom. The molecule has 0 spiro atoms. The molecular weight excluding hydrogens is 228 g/mol. The molecule has 0 atom stereocenters. The van der Waals surface area contributed by atoms with E-state index in [9.17, 15) is 4.79 Å². The van der Waals surface area contributed by atoms with E-state index in [1.165, 1.54) is 0 Å². The van der Waals surface area contributed by atoms with E-state index in [2.05, 4.69) is 0 Å².